The minimum Gasteiger partial charge on any atom is -0.498 e. The van der Waals surface area contributed by atoms with Gasteiger partial charge in [0, 0.05) is 31.7 Å². The summed E-state index contributed by atoms with van der Waals surface area (Å²) < 4.78 is 28.3. The summed E-state index contributed by atoms with van der Waals surface area (Å²) in [5.74, 6) is 2.85. The molecule has 1 saturated carbocycles. The number of fused-ring (bicyclic) bond motifs is 1. The topological polar surface area (TPSA) is 59.0 Å². The molecule has 0 spiro atoms. The van der Waals surface area contributed by atoms with Gasteiger partial charge in [-0.1, -0.05) is 18.6 Å². The van der Waals surface area contributed by atoms with E-state index >= 15 is 0 Å². The first kappa shape index (κ1) is 24.0. The molecule has 0 amide bonds. The number of nitrogens with zero attached hydrogens (tertiary/aromatic N) is 1. The molecule has 0 aromatic heterocycles. The van der Waals surface area contributed by atoms with Crippen LogP contribution in [0.4, 0.5) is 0 Å². The smallest absolute Gasteiger partial charge is 0.0983 e. The maximum absolute atomic E-state index is 14.1. The van der Waals surface area contributed by atoms with Crippen LogP contribution in [0.2, 0.25) is 0 Å². The molecular formula is C27H43NO4S. The van der Waals surface area contributed by atoms with E-state index in [1.807, 2.05) is 0 Å². The van der Waals surface area contributed by atoms with Gasteiger partial charge in [-0.05, 0) is 94.0 Å². The number of hydrogen-bond donors (Lipinski definition) is 1. The molecule has 3 fully saturated rings. The van der Waals surface area contributed by atoms with Crippen molar-refractivity contribution in [3.63, 3.8) is 0 Å². The highest BCUT2D eigenvalue weighted by molar-refractivity contribution is 7.83. The molecule has 6 heteroatoms. The third-order valence-electron chi connectivity index (χ3n) is 8.85. The standard InChI is InChI=1S/C27H43NO4S/c1-2-19-3-8-26-22(15-19)6-9-25(21-4-5-21)28(26)33(30)24-7-10-27(23(16-24)17-29)32-18-20-11-13-31-14-12-20/h15,20-22,24-26,29H,2-14,16-18H2,1H3/t22?,24?,25?,26-,33?/m0/s1. The number of aliphatic hydroxyl groups excluding tert-OH is 1. The van der Waals surface area contributed by atoms with Crippen LogP contribution in [0.15, 0.2) is 23.0 Å². The number of ether oxygens (including phenoxy) is 2. The van der Waals surface area contributed by atoms with Crippen LogP contribution in [0.25, 0.3) is 0 Å². The predicted octanol–water partition coefficient (Wildman–Crippen LogP) is 4.88. The van der Waals surface area contributed by atoms with Crippen LogP contribution in [0, 0.1) is 17.8 Å². The average Bonchev–Trinajstić information content (AvgIpc) is 3.72. The van der Waals surface area contributed by atoms with E-state index < -0.39 is 11.0 Å². The first-order valence-corrected chi connectivity index (χ1v) is 14.8. The lowest BCUT2D eigenvalue weighted by Gasteiger charge is -2.48. The lowest BCUT2D eigenvalue weighted by atomic mass is 9.78. The molecule has 2 heterocycles. The van der Waals surface area contributed by atoms with Crippen molar-refractivity contribution < 1.29 is 18.8 Å². The minimum atomic E-state index is -0.994. The van der Waals surface area contributed by atoms with Crippen molar-refractivity contribution in [2.24, 2.45) is 17.8 Å². The molecular weight excluding hydrogens is 434 g/mol. The molecule has 1 N–H and O–H groups in total. The van der Waals surface area contributed by atoms with Crippen LogP contribution in [0.1, 0.15) is 84.0 Å². The molecule has 5 nitrogen and oxygen atoms in total. The molecule has 0 aromatic rings. The number of aliphatic hydroxyl groups is 1. The number of piperidine rings is 1. The molecule has 5 rings (SSSR count). The zero-order chi connectivity index (χ0) is 22.8. The van der Waals surface area contributed by atoms with Gasteiger partial charge in [0.2, 0.25) is 0 Å². The summed E-state index contributed by atoms with van der Waals surface area (Å²) in [4.78, 5) is 0. The van der Waals surface area contributed by atoms with Crippen molar-refractivity contribution in [1.82, 2.24) is 4.31 Å². The van der Waals surface area contributed by atoms with Gasteiger partial charge in [0.05, 0.1) is 35.2 Å². The second-order valence-corrected chi connectivity index (χ2v) is 12.6. The van der Waals surface area contributed by atoms with E-state index in [0.717, 1.165) is 75.6 Å². The van der Waals surface area contributed by atoms with Crippen molar-refractivity contribution >= 4 is 11.0 Å². The average molecular weight is 478 g/mol. The van der Waals surface area contributed by atoms with E-state index in [9.17, 15) is 9.32 Å². The molecule has 0 aromatic carbocycles. The Bertz CT molecular complexity index is 770. The third-order valence-corrected chi connectivity index (χ3v) is 10.8. The quantitative estimate of drug-likeness (QED) is 0.506. The van der Waals surface area contributed by atoms with Crippen LogP contribution in [-0.4, -0.2) is 57.4 Å². The van der Waals surface area contributed by atoms with Crippen LogP contribution >= 0.6 is 0 Å². The van der Waals surface area contributed by atoms with Crippen molar-refractivity contribution in [2.75, 3.05) is 26.4 Å². The van der Waals surface area contributed by atoms with Gasteiger partial charge in [-0.2, -0.15) is 0 Å². The monoisotopic (exact) mass is 477 g/mol. The highest BCUT2D eigenvalue weighted by atomic mass is 32.2. The predicted molar refractivity (Wildman–Crippen MR) is 132 cm³/mol. The Morgan fingerprint density at radius 2 is 1.88 bits per heavy atom. The van der Waals surface area contributed by atoms with Gasteiger partial charge in [0.15, 0.2) is 0 Å². The summed E-state index contributed by atoms with van der Waals surface area (Å²) >= 11 is 0. The van der Waals surface area contributed by atoms with Crippen molar-refractivity contribution in [2.45, 2.75) is 101 Å². The maximum atomic E-state index is 14.1. The number of rotatable bonds is 8. The van der Waals surface area contributed by atoms with Gasteiger partial charge in [0.25, 0.3) is 0 Å². The Labute approximate surface area is 202 Å². The summed E-state index contributed by atoms with van der Waals surface area (Å²) in [5.41, 5.74) is 2.58. The summed E-state index contributed by atoms with van der Waals surface area (Å²) in [5, 5.41) is 10.2. The second kappa shape index (κ2) is 10.9. The van der Waals surface area contributed by atoms with Gasteiger partial charge in [-0.3, -0.25) is 0 Å². The summed E-state index contributed by atoms with van der Waals surface area (Å²) in [7, 11) is -0.994. The Kier molecular flexibility index (Phi) is 7.95. The van der Waals surface area contributed by atoms with Crippen molar-refractivity contribution in [3.05, 3.63) is 23.0 Å². The lowest BCUT2D eigenvalue weighted by molar-refractivity contribution is 0.0343. The molecule has 2 aliphatic heterocycles. The fourth-order valence-corrected chi connectivity index (χ4v) is 8.70. The van der Waals surface area contributed by atoms with Crippen LogP contribution in [0.3, 0.4) is 0 Å². The van der Waals surface area contributed by atoms with E-state index in [-0.39, 0.29) is 11.9 Å². The zero-order valence-corrected chi connectivity index (χ0v) is 21.2. The molecule has 5 atom stereocenters. The molecule has 0 bridgehead atoms. The first-order chi connectivity index (χ1) is 16.2. The maximum Gasteiger partial charge on any atom is 0.0983 e. The van der Waals surface area contributed by atoms with Crippen molar-refractivity contribution in [3.8, 4) is 0 Å². The van der Waals surface area contributed by atoms with Crippen molar-refractivity contribution in [1.29, 1.82) is 0 Å². The van der Waals surface area contributed by atoms with Gasteiger partial charge in [-0.15, -0.1) is 0 Å². The highest BCUT2D eigenvalue weighted by Gasteiger charge is 2.48. The Morgan fingerprint density at radius 1 is 1.06 bits per heavy atom. The zero-order valence-electron chi connectivity index (χ0n) is 20.4. The number of hydrogen-bond acceptors (Lipinski definition) is 4. The lowest BCUT2D eigenvalue weighted by Crippen LogP contribution is -2.55. The normalized spacial score (nSPS) is 35.2. The molecule has 0 radical (unpaired) electrons. The number of allylic oxidation sites excluding steroid dienone is 2. The van der Waals surface area contributed by atoms with Gasteiger partial charge < -0.3 is 14.6 Å². The van der Waals surface area contributed by atoms with Crippen LogP contribution in [0.5, 0.6) is 0 Å². The Hall–Kier alpha value is -0.690. The van der Waals surface area contributed by atoms with E-state index in [4.69, 9.17) is 9.47 Å². The van der Waals surface area contributed by atoms with Crippen LogP contribution in [-0.2, 0) is 20.5 Å². The molecule has 33 heavy (non-hydrogen) atoms. The van der Waals surface area contributed by atoms with Gasteiger partial charge >= 0.3 is 0 Å². The molecule has 4 unspecified atom stereocenters. The first-order valence-electron chi connectivity index (χ1n) is 13.6. The fraction of sp³-hybridized carbons (Fsp3) is 0.852. The SMILES string of the molecule is CCC1=CC2CCC(C3CC3)N(S(=O)C3CCC(OCC4CCOCC4)=C(CO)C3)[C@H]2CC1. The highest BCUT2D eigenvalue weighted by Crippen LogP contribution is 2.47. The Balaban J connectivity index is 1.27. The molecule has 3 aliphatic carbocycles. The summed E-state index contributed by atoms with van der Waals surface area (Å²) in [6, 6.07) is 0.935. The van der Waals surface area contributed by atoms with Crippen LogP contribution < -0.4 is 0 Å². The summed E-state index contributed by atoms with van der Waals surface area (Å²) in [6.45, 7) is 4.68. The van der Waals surface area contributed by atoms with E-state index in [0.29, 0.717) is 30.3 Å². The molecule has 2 saturated heterocycles. The van der Waals surface area contributed by atoms with E-state index in [2.05, 4.69) is 17.3 Å². The second-order valence-electron chi connectivity index (χ2n) is 11.0. The molecule has 186 valence electrons. The van der Waals surface area contributed by atoms with Gasteiger partial charge in [-0.25, -0.2) is 8.51 Å². The Morgan fingerprint density at radius 3 is 2.61 bits per heavy atom. The fourth-order valence-electron chi connectivity index (χ4n) is 6.62. The minimum absolute atomic E-state index is 0.0253. The summed E-state index contributed by atoms with van der Waals surface area (Å²) in [6.07, 6.45) is 15.6. The van der Waals surface area contributed by atoms with E-state index in [1.54, 1.807) is 5.57 Å². The largest absolute Gasteiger partial charge is 0.498 e. The van der Waals surface area contributed by atoms with E-state index in [1.165, 1.54) is 32.1 Å². The molecule has 5 aliphatic rings. The third kappa shape index (κ3) is 5.44. The van der Waals surface area contributed by atoms with Gasteiger partial charge in [0.1, 0.15) is 0 Å².